The summed E-state index contributed by atoms with van der Waals surface area (Å²) in [6.07, 6.45) is 1.34. The Morgan fingerprint density at radius 1 is 1.12 bits per heavy atom. The molecule has 26 heavy (non-hydrogen) atoms. The number of benzene rings is 2. The number of amides is 1. The van der Waals surface area contributed by atoms with Crippen molar-refractivity contribution in [3.05, 3.63) is 85.7 Å². The Balaban J connectivity index is 1.71. The van der Waals surface area contributed by atoms with Crippen molar-refractivity contribution in [2.24, 2.45) is 5.10 Å². The summed E-state index contributed by atoms with van der Waals surface area (Å²) >= 11 is 2.15. The molecule has 0 atom stereocenters. The summed E-state index contributed by atoms with van der Waals surface area (Å²) in [5.41, 5.74) is 3.22. The fourth-order valence-corrected chi connectivity index (χ4v) is 2.59. The fraction of sp³-hybridized carbons (Fsp3) is 0. The highest BCUT2D eigenvalue weighted by atomic mass is 127. The molecule has 1 aromatic heterocycles. The molecule has 1 N–H and O–H groups in total. The average molecular weight is 461 g/mol. The van der Waals surface area contributed by atoms with Gasteiger partial charge in [-0.15, -0.1) is 0 Å². The molecule has 0 bridgehead atoms. The number of nitrogens with zero attached hydrogens (tertiary/aromatic N) is 2. The predicted octanol–water partition coefficient (Wildman–Crippen LogP) is 4.22. The summed E-state index contributed by atoms with van der Waals surface area (Å²) < 4.78 is 6.59. The van der Waals surface area contributed by atoms with Gasteiger partial charge in [0.25, 0.3) is 11.6 Å². The second-order valence-corrected chi connectivity index (χ2v) is 6.43. The molecule has 0 unspecified atom stereocenters. The standard InChI is InChI=1S/C18H12IN3O4/c19-13-7-5-12(6-8-13)18(23)21-20-11-14-9-10-17(26-14)15-3-1-2-4-16(15)22(24)25/h1-11H,(H,21,23). The third-order valence-corrected chi connectivity index (χ3v) is 4.18. The number of nitrogens with one attached hydrogen (secondary N) is 1. The van der Waals surface area contributed by atoms with Crippen LogP contribution in [0.5, 0.6) is 0 Å². The number of halogens is 1. The van der Waals surface area contributed by atoms with E-state index in [4.69, 9.17) is 4.42 Å². The zero-order chi connectivity index (χ0) is 18.5. The van der Waals surface area contributed by atoms with Crippen molar-refractivity contribution in [1.29, 1.82) is 0 Å². The second kappa shape index (κ2) is 7.91. The van der Waals surface area contributed by atoms with Gasteiger partial charge in [-0.3, -0.25) is 14.9 Å². The zero-order valence-corrected chi connectivity index (χ0v) is 15.4. The molecule has 0 spiro atoms. The first-order chi connectivity index (χ1) is 12.5. The van der Waals surface area contributed by atoms with Crippen molar-refractivity contribution in [3.63, 3.8) is 0 Å². The van der Waals surface area contributed by atoms with Crippen LogP contribution in [0.25, 0.3) is 11.3 Å². The summed E-state index contributed by atoms with van der Waals surface area (Å²) in [5, 5.41) is 14.9. The third-order valence-electron chi connectivity index (χ3n) is 3.46. The van der Waals surface area contributed by atoms with Crippen LogP contribution in [-0.4, -0.2) is 17.0 Å². The quantitative estimate of drug-likeness (QED) is 0.266. The summed E-state index contributed by atoms with van der Waals surface area (Å²) in [6, 6.07) is 16.6. The van der Waals surface area contributed by atoms with E-state index in [1.165, 1.54) is 12.3 Å². The van der Waals surface area contributed by atoms with Crippen LogP contribution in [0.3, 0.4) is 0 Å². The van der Waals surface area contributed by atoms with Gasteiger partial charge in [0, 0.05) is 15.2 Å². The van der Waals surface area contributed by atoms with E-state index in [0.717, 1.165) is 3.57 Å². The van der Waals surface area contributed by atoms with Gasteiger partial charge in [-0.1, -0.05) is 12.1 Å². The number of furan rings is 1. The smallest absolute Gasteiger partial charge is 0.280 e. The predicted molar refractivity (Wildman–Crippen MR) is 105 cm³/mol. The average Bonchev–Trinajstić information content (AvgIpc) is 3.11. The van der Waals surface area contributed by atoms with Gasteiger partial charge < -0.3 is 4.42 Å². The van der Waals surface area contributed by atoms with Gasteiger partial charge in [0.05, 0.1) is 16.7 Å². The molecule has 0 fully saturated rings. The molecular formula is C18H12IN3O4. The molecule has 2 aromatic carbocycles. The van der Waals surface area contributed by atoms with E-state index in [2.05, 4.69) is 33.1 Å². The lowest BCUT2D eigenvalue weighted by Gasteiger charge is -1.99. The van der Waals surface area contributed by atoms with Crippen molar-refractivity contribution in [1.82, 2.24) is 5.43 Å². The SMILES string of the molecule is O=C(NN=Cc1ccc(-c2ccccc2[N+](=O)[O-])o1)c1ccc(I)cc1. The number of para-hydroxylation sites is 1. The van der Waals surface area contributed by atoms with Crippen LogP contribution in [0.15, 0.2) is 70.2 Å². The molecule has 7 nitrogen and oxygen atoms in total. The van der Waals surface area contributed by atoms with Crippen LogP contribution < -0.4 is 5.43 Å². The van der Waals surface area contributed by atoms with Crippen molar-refractivity contribution >= 4 is 40.4 Å². The largest absolute Gasteiger partial charge is 0.455 e. The Morgan fingerprint density at radius 2 is 1.85 bits per heavy atom. The lowest BCUT2D eigenvalue weighted by atomic mass is 10.1. The molecule has 130 valence electrons. The minimum absolute atomic E-state index is 0.0441. The summed E-state index contributed by atoms with van der Waals surface area (Å²) in [4.78, 5) is 22.6. The van der Waals surface area contributed by atoms with Gasteiger partial charge in [-0.25, -0.2) is 5.43 Å². The Morgan fingerprint density at radius 3 is 2.58 bits per heavy atom. The zero-order valence-electron chi connectivity index (χ0n) is 13.3. The Labute approximate surface area is 162 Å². The number of carbonyl (C=O) groups excluding carboxylic acids is 1. The van der Waals surface area contributed by atoms with E-state index in [1.54, 1.807) is 42.5 Å². The van der Waals surface area contributed by atoms with Gasteiger partial charge in [-0.05, 0) is 65.1 Å². The van der Waals surface area contributed by atoms with E-state index in [0.29, 0.717) is 22.6 Å². The molecule has 0 saturated carbocycles. The Hall–Kier alpha value is -3.01. The van der Waals surface area contributed by atoms with Crippen LogP contribution >= 0.6 is 22.6 Å². The van der Waals surface area contributed by atoms with Gasteiger partial charge in [0.2, 0.25) is 0 Å². The number of carbonyl (C=O) groups is 1. The van der Waals surface area contributed by atoms with Gasteiger partial charge in [0.1, 0.15) is 11.5 Å². The topological polar surface area (TPSA) is 97.7 Å². The van der Waals surface area contributed by atoms with Crippen LogP contribution in [0, 0.1) is 13.7 Å². The molecule has 3 rings (SSSR count). The fourth-order valence-electron chi connectivity index (χ4n) is 2.23. The number of nitro benzene ring substituents is 1. The first-order valence-corrected chi connectivity index (χ1v) is 8.55. The van der Waals surface area contributed by atoms with E-state index < -0.39 is 4.92 Å². The van der Waals surface area contributed by atoms with E-state index in [9.17, 15) is 14.9 Å². The lowest BCUT2D eigenvalue weighted by molar-refractivity contribution is -0.384. The maximum Gasteiger partial charge on any atom is 0.280 e. The molecule has 0 radical (unpaired) electrons. The normalized spacial score (nSPS) is 10.8. The minimum atomic E-state index is -0.465. The molecule has 0 aliphatic carbocycles. The number of hydrazone groups is 1. The van der Waals surface area contributed by atoms with Crippen LogP contribution in [0.2, 0.25) is 0 Å². The van der Waals surface area contributed by atoms with Crippen molar-refractivity contribution < 1.29 is 14.1 Å². The van der Waals surface area contributed by atoms with Crippen LogP contribution in [0.1, 0.15) is 16.1 Å². The first-order valence-electron chi connectivity index (χ1n) is 7.47. The van der Waals surface area contributed by atoms with E-state index in [-0.39, 0.29) is 11.6 Å². The maximum absolute atomic E-state index is 12.0. The monoisotopic (exact) mass is 461 g/mol. The molecule has 1 heterocycles. The molecule has 3 aromatic rings. The number of rotatable bonds is 5. The Kier molecular flexibility index (Phi) is 5.42. The first kappa shape index (κ1) is 17.8. The van der Waals surface area contributed by atoms with Crippen molar-refractivity contribution in [2.75, 3.05) is 0 Å². The lowest BCUT2D eigenvalue weighted by Crippen LogP contribution is -2.17. The van der Waals surface area contributed by atoms with Crippen LogP contribution in [-0.2, 0) is 0 Å². The molecule has 0 aliphatic rings. The molecule has 0 aliphatic heterocycles. The minimum Gasteiger partial charge on any atom is -0.455 e. The van der Waals surface area contributed by atoms with Crippen molar-refractivity contribution in [2.45, 2.75) is 0 Å². The molecule has 0 saturated heterocycles. The second-order valence-electron chi connectivity index (χ2n) is 5.18. The highest BCUT2D eigenvalue weighted by molar-refractivity contribution is 14.1. The van der Waals surface area contributed by atoms with Crippen molar-refractivity contribution in [3.8, 4) is 11.3 Å². The summed E-state index contributed by atoms with van der Waals surface area (Å²) in [5.74, 6) is 0.367. The number of nitro groups is 1. The highest BCUT2D eigenvalue weighted by Gasteiger charge is 2.16. The molecular weight excluding hydrogens is 449 g/mol. The third kappa shape index (κ3) is 4.14. The highest BCUT2D eigenvalue weighted by Crippen LogP contribution is 2.30. The Bertz CT molecular complexity index is 980. The van der Waals surface area contributed by atoms with E-state index in [1.807, 2.05) is 12.1 Å². The summed E-state index contributed by atoms with van der Waals surface area (Å²) in [6.45, 7) is 0. The number of hydrogen-bond donors (Lipinski definition) is 1. The maximum atomic E-state index is 12.0. The number of hydrogen-bond acceptors (Lipinski definition) is 5. The van der Waals surface area contributed by atoms with Gasteiger partial charge in [0.15, 0.2) is 0 Å². The van der Waals surface area contributed by atoms with Gasteiger partial charge in [-0.2, -0.15) is 5.10 Å². The van der Waals surface area contributed by atoms with E-state index >= 15 is 0 Å². The van der Waals surface area contributed by atoms with Crippen LogP contribution in [0.4, 0.5) is 5.69 Å². The molecule has 8 heteroatoms. The van der Waals surface area contributed by atoms with Gasteiger partial charge >= 0.3 is 0 Å². The molecule has 1 amide bonds. The summed E-state index contributed by atoms with van der Waals surface area (Å²) in [7, 11) is 0.